The highest BCUT2D eigenvalue weighted by atomic mass is 35.5. The fourth-order valence-electron chi connectivity index (χ4n) is 3.03. The zero-order chi connectivity index (χ0) is 14.5. The number of hydrogen-bond acceptors (Lipinski definition) is 4. The first kappa shape index (κ1) is 32.7. The second kappa shape index (κ2) is 24.0. The monoisotopic (exact) mass is 428 g/mol. The van der Waals surface area contributed by atoms with Gasteiger partial charge in [-0.15, -0.1) is 49.6 Å². The van der Waals surface area contributed by atoms with E-state index in [-0.39, 0.29) is 49.6 Å². The number of rotatable bonds is 13. The van der Waals surface area contributed by atoms with Crippen LogP contribution in [0.5, 0.6) is 0 Å². The summed E-state index contributed by atoms with van der Waals surface area (Å²) < 4.78 is 0. The Kier molecular flexibility index (Phi) is 32.7. The van der Waals surface area contributed by atoms with Gasteiger partial charge in [0.05, 0.1) is 0 Å². The summed E-state index contributed by atoms with van der Waals surface area (Å²) in [5.74, 6) is 0.841. The highest BCUT2D eigenvalue weighted by Gasteiger charge is 2.25. The predicted molar refractivity (Wildman–Crippen MR) is 117 cm³/mol. The van der Waals surface area contributed by atoms with Crippen LogP contribution in [0.3, 0.4) is 0 Å². The molecule has 0 amide bonds. The van der Waals surface area contributed by atoms with Gasteiger partial charge in [0.1, 0.15) is 0 Å². The molecule has 1 saturated carbocycles. The van der Waals surface area contributed by atoms with Gasteiger partial charge in [0, 0.05) is 6.04 Å². The highest BCUT2D eigenvalue weighted by molar-refractivity contribution is 5.86. The molecule has 1 aliphatic carbocycles. The van der Waals surface area contributed by atoms with Gasteiger partial charge in [0.25, 0.3) is 0 Å². The molecule has 0 bridgehead atoms. The molecule has 24 heavy (non-hydrogen) atoms. The fourth-order valence-corrected chi connectivity index (χ4v) is 3.03. The standard InChI is InChI=1S/C16H36N4.4ClH/c1-3-17-10-6-12-19-14-15-8-5-9-16(15)20-13-7-11-18-4-2;;;;/h15-20H,3-14H2,1-2H3;4*1H. The molecule has 4 N–H and O–H groups in total. The van der Waals surface area contributed by atoms with Gasteiger partial charge in [-0.3, -0.25) is 0 Å². The van der Waals surface area contributed by atoms with E-state index in [0.717, 1.165) is 51.2 Å². The van der Waals surface area contributed by atoms with Crippen LogP contribution in [0.1, 0.15) is 46.0 Å². The lowest BCUT2D eigenvalue weighted by Gasteiger charge is -2.21. The maximum atomic E-state index is 3.76. The lowest BCUT2D eigenvalue weighted by Crippen LogP contribution is -2.39. The van der Waals surface area contributed by atoms with Gasteiger partial charge >= 0.3 is 0 Å². The molecular weight excluding hydrogens is 390 g/mol. The number of halogens is 4. The molecule has 0 aliphatic heterocycles. The van der Waals surface area contributed by atoms with E-state index in [1.165, 1.54) is 38.6 Å². The lowest BCUT2D eigenvalue weighted by molar-refractivity contribution is 0.377. The minimum atomic E-state index is 0. The zero-order valence-corrected chi connectivity index (χ0v) is 18.5. The van der Waals surface area contributed by atoms with Gasteiger partial charge in [-0.1, -0.05) is 20.3 Å². The van der Waals surface area contributed by atoms with Crippen LogP contribution >= 0.6 is 49.6 Å². The molecule has 0 radical (unpaired) electrons. The lowest BCUT2D eigenvalue weighted by atomic mass is 10.0. The number of nitrogens with one attached hydrogen (secondary N) is 4. The Bertz CT molecular complexity index is 226. The first-order chi connectivity index (χ1) is 9.88. The van der Waals surface area contributed by atoms with Crippen LogP contribution in [0.25, 0.3) is 0 Å². The molecule has 152 valence electrons. The molecule has 2 atom stereocenters. The van der Waals surface area contributed by atoms with E-state index in [1.54, 1.807) is 0 Å². The first-order valence-corrected chi connectivity index (χ1v) is 8.74. The fraction of sp³-hybridized carbons (Fsp3) is 1.00. The summed E-state index contributed by atoms with van der Waals surface area (Å²) in [7, 11) is 0. The van der Waals surface area contributed by atoms with Crippen molar-refractivity contribution >= 4 is 49.6 Å². The van der Waals surface area contributed by atoms with Crippen LogP contribution in [0.4, 0.5) is 0 Å². The molecule has 0 aromatic heterocycles. The molecule has 8 heteroatoms. The van der Waals surface area contributed by atoms with Crippen LogP contribution in [-0.4, -0.2) is 51.9 Å². The summed E-state index contributed by atoms with van der Waals surface area (Å²) in [6.07, 6.45) is 6.64. The molecule has 1 fully saturated rings. The summed E-state index contributed by atoms with van der Waals surface area (Å²) in [6.45, 7) is 12.3. The normalized spacial score (nSPS) is 18.8. The minimum Gasteiger partial charge on any atom is -0.317 e. The molecule has 1 aliphatic rings. The van der Waals surface area contributed by atoms with Crippen LogP contribution in [0.2, 0.25) is 0 Å². The van der Waals surface area contributed by atoms with Crippen molar-refractivity contribution in [1.82, 2.24) is 21.3 Å². The van der Waals surface area contributed by atoms with E-state index < -0.39 is 0 Å². The van der Waals surface area contributed by atoms with E-state index in [0.29, 0.717) is 0 Å². The van der Waals surface area contributed by atoms with E-state index in [1.807, 2.05) is 0 Å². The molecule has 2 unspecified atom stereocenters. The maximum Gasteiger partial charge on any atom is 0.0107 e. The molecular formula is C16H40Cl4N4. The van der Waals surface area contributed by atoms with E-state index in [4.69, 9.17) is 0 Å². The molecule has 1 rings (SSSR count). The van der Waals surface area contributed by atoms with Crippen molar-refractivity contribution < 1.29 is 0 Å². The van der Waals surface area contributed by atoms with Crippen LogP contribution in [-0.2, 0) is 0 Å². The van der Waals surface area contributed by atoms with Crippen molar-refractivity contribution in [1.29, 1.82) is 0 Å². The minimum absolute atomic E-state index is 0. The molecule has 0 saturated heterocycles. The quantitative estimate of drug-likeness (QED) is 0.340. The van der Waals surface area contributed by atoms with Crippen molar-refractivity contribution in [3.63, 3.8) is 0 Å². The van der Waals surface area contributed by atoms with Crippen LogP contribution in [0.15, 0.2) is 0 Å². The average molecular weight is 430 g/mol. The van der Waals surface area contributed by atoms with Crippen molar-refractivity contribution in [3.05, 3.63) is 0 Å². The Morgan fingerprint density at radius 2 is 1.25 bits per heavy atom. The first-order valence-electron chi connectivity index (χ1n) is 8.74. The van der Waals surface area contributed by atoms with E-state index in [9.17, 15) is 0 Å². The third kappa shape index (κ3) is 16.5. The molecule has 4 nitrogen and oxygen atoms in total. The smallest absolute Gasteiger partial charge is 0.0107 e. The molecule has 0 heterocycles. The summed E-state index contributed by atoms with van der Waals surface area (Å²) >= 11 is 0. The SMILES string of the molecule is CCNCCCNCC1CCCC1NCCCNCC.Cl.Cl.Cl.Cl. The van der Waals surface area contributed by atoms with Gasteiger partial charge in [0.2, 0.25) is 0 Å². The largest absolute Gasteiger partial charge is 0.317 e. The van der Waals surface area contributed by atoms with E-state index in [2.05, 4.69) is 35.1 Å². The predicted octanol–water partition coefficient (Wildman–Crippen LogP) is 3.02. The summed E-state index contributed by atoms with van der Waals surface area (Å²) in [6, 6.07) is 0.748. The molecule has 0 spiro atoms. The Morgan fingerprint density at radius 3 is 1.83 bits per heavy atom. The Balaban J connectivity index is -0.000000500. The zero-order valence-electron chi connectivity index (χ0n) is 15.3. The van der Waals surface area contributed by atoms with E-state index >= 15 is 0 Å². The second-order valence-corrected chi connectivity index (χ2v) is 5.87. The van der Waals surface area contributed by atoms with Gasteiger partial charge < -0.3 is 21.3 Å². The Hall–Kier alpha value is 1.00. The third-order valence-corrected chi connectivity index (χ3v) is 4.21. The van der Waals surface area contributed by atoms with Gasteiger partial charge in [-0.05, 0) is 77.4 Å². The summed E-state index contributed by atoms with van der Waals surface area (Å²) in [4.78, 5) is 0. The number of hydrogen-bond donors (Lipinski definition) is 4. The summed E-state index contributed by atoms with van der Waals surface area (Å²) in [5, 5.41) is 14.2. The summed E-state index contributed by atoms with van der Waals surface area (Å²) in [5.41, 5.74) is 0. The Labute approximate surface area is 174 Å². The third-order valence-electron chi connectivity index (χ3n) is 4.21. The van der Waals surface area contributed by atoms with Gasteiger partial charge in [-0.2, -0.15) is 0 Å². The van der Waals surface area contributed by atoms with Crippen LogP contribution in [0, 0.1) is 5.92 Å². The van der Waals surface area contributed by atoms with Crippen molar-refractivity contribution in [2.75, 3.05) is 45.8 Å². The van der Waals surface area contributed by atoms with Gasteiger partial charge in [0.15, 0.2) is 0 Å². The Morgan fingerprint density at radius 1 is 0.708 bits per heavy atom. The van der Waals surface area contributed by atoms with Crippen LogP contribution < -0.4 is 21.3 Å². The maximum absolute atomic E-state index is 3.76. The van der Waals surface area contributed by atoms with Crippen molar-refractivity contribution in [2.24, 2.45) is 5.92 Å². The van der Waals surface area contributed by atoms with Crippen molar-refractivity contribution in [2.45, 2.75) is 52.0 Å². The van der Waals surface area contributed by atoms with Crippen molar-refractivity contribution in [3.8, 4) is 0 Å². The second-order valence-electron chi connectivity index (χ2n) is 5.87. The highest BCUT2D eigenvalue weighted by Crippen LogP contribution is 2.24. The topological polar surface area (TPSA) is 48.1 Å². The molecule has 0 aromatic rings. The molecule has 0 aromatic carbocycles. The van der Waals surface area contributed by atoms with Gasteiger partial charge in [-0.25, -0.2) is 0 Å². The average Bonchev–Trinajstić information content (AvgIpc) is 2.90.